The Kier molecular flexibility index (Phi) is 10.1. The highest BCUT2D eigenvalue weighted by Gasteiger charge is 2.04. The van der Waals surface area contributed by atoms with Crippen LogP contribution in [0.4, 0.5) is 0 Å². The number of guanidine groups is 1. The number of nitrogens with zero attached hydrogens (tertiary/aromatic N) is 2. The summed E-state index contributed by atoms with van der Waals surface area (Å²) in [6, 6.07) is 4.06. The molecule has 0 radical (unpaired) electrons. The van der Waals surface area contributed by atoms with Crippen molar-refractivity contribution in [2.45, 2.75) is 13.5 Å². The van der Waals surface area contributed by atoms with Crippen molar-refractivity contribution in [3.8, 4) is 0 Å². The van der Waals surface area contributed by atoms with Gasteiger partial charge in [0.15, 0.2) is 5.96 Å². The molecule has 0 aliphatic carbocycles. The van der Waals surface area contributed by atoms with Crippen LogP contribution in [0.3, 0.4) is 0 Å². The maximum atomic E-state index is 11.6. The highest BCUT2D eigenvalue weighted by Crippen LogP contribution is 2.07. The van der Waals surface area contributed by atoms with Gasteiger partial charge in [-0.05, 0) is 18.4 Å². The van der Waals surface area contributed by atoms with Crippen LogP contribution in [0, 0.1) is 0 Å². The number of hydrogen-bond acceptors (Lipinski definition) is 3. The van der Waals surface area contributed by atoms with Crippen molar-refractivity contribution >= 4 is 47.2 Å². The van der Waals surface area contributed by atoms with Gasteiger partial charge in [0.05, 0.1) is 6.54 Å². The van der Waals surface area contributed by atoms with E-state index in [4.69, 9.17) is 0 Å². The first-order chi connectivity index (χ1) is 9.49. The second-order valence-corrected chi connectivity index (χ2v) is 5.73. The van der Waals surface area contributed by atoms with E-state index in [1.165, 1.54) is 9.78 Å². The molecule has 21 heavy (non-hydrogen) atoms. The normalized spacial score (nSPS) is 10.5. The highest BCUT2D eigenvalue weighted by atomic mass is 127. The van der Waals surface area contributed by atoms with Crippen LogP contribution in [-0.4, -0.2) is 44.0 Å². The Balaban J connectivity index is 0.00000400. The lowest BCUT2D eigenvalue weighted by molar-refractivity contribution is -0.127. The van der Waals surface area contributed by atoms with E-state index in [1.807, 2.05) is 18.4 Å². The van der Waals surface area contributed by atoms with Crippen LogP contribution >= 0.6 is 35.3 Å². The fourth-order valence-corrected chi connectivity index (χ4v) is 1.93. The zero-order chi connectivity index (χ0) is 15.0. The third-order valence-electron chi connectivity index (χ3n) is 2.44. The van der Waals surface area contributed by atoms with Crippen molar-refractivity contribution in [3.63, 3.8) is 0 Å². The number of carbonyl (C=O) groups excluding carboxylic acids is 1. The van der Waals surface area contributed by atoms with Crippen LogP contribution in [0.15, 0.2) is 34.7 Å². The molecule has 0 spiro atoms. The largest absolute Gasteiger partial charge is 0.353 e. The van der Waals surface area contributed by atoms with Crippen LogP contribution in [0.25, 0.3) is 0 Å². The molecule has 0 aliphatic heterocycles. The average Bonchev–Trinajstić information content (AvgIpc) is 2.90. The molecule has 2 N–H and O–H groups in total. The molecule has 1 rings (SSSR count). The number of rotatable bonds is 6. The van der Waals surface area contributed by atoms with E-state index < -0.39 is 0 Å². The van der Waals surface area contributed by atoms with Gasteiger partial charge in [0, 0.05) is 25.5 Å². The Bertz CT molecular complexity index is 471. The van der Waals surface area contributed by atoms with Gasteiger partial charge in [-0.2, -0.15) is 0 Å². The summed E-state index contributed by atoms with van der Waals surface area (Å²) < 4.78 is 0. The molecule has 1 amide bonds. The Labute approximate surface area is 147 Å². The molecule has 0 aromatic carbocycles. The fraction of sp³-hybridized carbons (Fsp3) is 0.429. The van der Waals surface area contributed by atoms with Crippen molar-refractivity contribution in [2.24, 2.45) is 4.99 Å². The number of likely N-dealkylation sites (N-methyl/N-ethyl adjacent to an activating group) is 1. The summed E-state index contributed by atoms with van der Waals surface area (Å²) in [4.78, 5) is 18.6. The molecular formula is C14H23IN4OS. The van der Waals surface area contributed by atoms with E-state index in [1.54, 1.807) is 25.4 Å². The monoisotopic (exact) mass is 422 g/mol. The molecule has 0 atom stereocenters. The van der Waals surface area contributed by atoms with E-state index >= 15 is 0 Å². The Morgan fingerprint density at radius 1 is 1.43 bits per heavy atom. The molecule has 0 saturated carbocycles. The second kappa shape index (κ2) is 10.6. The molecule has 5 nitrogen and oxygen atoms in total. The molecule has 0 bridgehead atoms. The van der Waals surface area contributed by atoms with Crippen LogP contribution in [0.5, 0.6) is 0 Å². The van der Waals surface area contributed by atoms with Gasteiger partial charge in [0.1, 0.15) is 6.54 Å². The summed E-state index contributed by atoms with van der Waals surface area (Å²) in [6.07, 6.45) is 0. The van der Waals surface area contributed by atoms with Gasteiger partial charge in [0.25, 0.3) is 0 Å². The molecular weight excluding hydrogens is 399 g/mol. The van der Waals surface area contributed by atoms with E-state index in [2.05, 4.69) is 28.3 Å². The molecule has 0 aliphatic rings. The van der Waals surface area contributed by atoms with E-state index in [-0.39, 0.29) is 36.4 Å². The van der Waals surface area contributed by atoms with Gasteiger partial charge in [-0.3, -0.25) is 4.79 Å². The number of nitrogens with one attached hydrogen (secondary N) is 2. The smallest absolute Gasteiger partial charge is 0.243 e. The highest BCUT2D eigenvalue weighted by molar-refractivity contribution is 14.0. The Morgan fingerprint density at radius 3 is 2.67 bits per heavy atom. The number of thiophene rings is 1. The van der Waals surface area contributed by atoms with Crippen molar-refractivity contribution < 1.29 is 4.79 Å². The summed E-state index contributed by atoms with van der Waals surface area (Å²) >= 11 is 1.68. The van der Waals surface area contributed by atoms with Crippen LogP contribution in [-0.2, 0) is 11.3 Å². The van der Waals surface area contributed by atoms with Crippen LogP contribution in [0.2, 0.25) is 0 Å². The molecule has 7 heteroatoms. The van der Waals surface area contributed by atoms with E-state index in [0.29, 0.717) is 19.0 Å². The predicted octanol–water partition coefficient (Wildman–Crippen LogP) is 2.07. The van der Waals surface area contributed by atoms with Crippen molar-refractivity contribution in [2.75, 3.05) is 27.2 Å². The standard InChI is InChI=1S/C14H22N4OS.HI/c1-11(2)8-15-14(17-10-13(19)18(3)4)16-9-12-6-5-7-20-12;/h5-7H,1,8-10H2,2-4H3,(H2,15,16,17);1H. The van der Waals surface area contributed by atoms with E-state index in [9.17, 15) is 4.79 Å². The Hall–Kier alpha value is -1.09. The summed E-state index contributed by atoms with van der Waals surface area (Å²) in [5.74, 6) is 0.592. The number of amides is 1. The summed E-state index contributed by atoms with van der Waals surface area (Å²) in [5.41, 5.74) is 1.01. The number of carbonyl (C=O) groups is 1. The Morgan fingerprint density at radius 2 is 2.14 bits per heavy atom. The first kappa shape index (κ1) is 19.9. The maximum Gasteiger partial charge on any atom is 0.243 e. The van der Waals surface area contributed by atoms with Gasteiger partial charge in [-0.15, -0.1) is 35.3 Å². The van der Waals surface area contributed by atoms with Gasteiger partial charge in [0.2, 0.25) is 5.91 Å². The molecule has 0 saturated heterocycles. The van der Waals surface area contributed by atoms with E-state index in [0.717, 1.165) is 5.57 Å². The maximum absolute atomic E-state index is 11.6. The van der Waals surface area contributed by atoms with Crippen molar-refractivity contribution in [1.82, 2.24) is 15.5 Å². The molecule has 1 aromatic heterocycles. The van der Waals surface area contributed by atoms with Gasteiger partial charge < -0.3 is 15.5 Å². The minimum atomic E-state index is -0.0300. The first-order valence-electron chi connectivity index (χ1n) is 6.38. The summed E-state index contributed by atoms with van der Waals surface area (Å²) in [5, 5.41) is 8.39. The third-order valence-corrected chi connectivity index (χ3v) is 3.32. The molecule has 0 fully saturated rings. The van der Waals surface area contributed by atoms with Gasteiger partial charge in [-0.25, -0.2) is 4.99 Å². The fourth-order valence-electron chi connectivity index (χ4n) is 1.28. The zero-order valence-corrected chi connectivity index (χ0v) is 15.8. The SMILES string of the molecule is C=C(C)CNC(=NCC(=O)N(C)C)NCc1cccs1.I. The third kappa shape index (κ3) is 8.71. The first-order valence-corrected chi connectivity index (χ1v) is 7.26. The molecule has 0 unspecified atom stereocenters. The van der Waals surface area contributed by atoms with Crippen molar-refractivity contribution in [1.29, 1.82) is 0 Å². The minimum Gasteiger partial charge on any atom is -0.353 e. The lowest BCUT2D eigenvalue weighted by Gasteiger charge is -2.13. The lowest BCUT2D eigenvalue weighted by atomic mass is 10.3. The molecule has 1 aromatic rings. The second-order valence-electron chi connectivity index (χ2n) is 4.70. The number of aliphatic imine (C=N–C) groups is 1. The lowest BCUT2D eigenvalue weighted by Crippen LogP contribution is -2.38. The minimum absolute atomic E-state index is 0. The number of halogens is 1. The summed E-state index contributed by atoms with van der Waals surface area (Å²) in [6.45, 7) is 7.23. The van der Waals surface area contributed by atoms with Gasteiger partial charge in [-0.1, -0.05) is 18.2 Å². The predicted molar refractivity (Wildman–Crippen MR) is 100 cm³/mol. The number of hydrogen-bond donors (Lipinski definition) is 2. The molecule has 1 heterocycles. The van der Waals surface area contributed by atoms with Crippen LogP contribution in [0.1, 0.15) is 11.8 Å². The topological polar surface area (TPSA) is 56.7 Å². The zero-order valence-electron chi connectivity index (χ0n) is 12.7. The summed E-state index contributed by atoms with van der Waals surface area (Å²) in [7, 11) is 3.44. The van der Waals surface area contributed by atoms with Crippen LogP contribution < -0.4 is 10.6 Å². The van der Waals surface area contributed by atoms with Crippen molar-refractivity contribution in [3.05, 3.63) is 34.5 Å². The quantitative estimate of drug-likeness (QED) is 0.320. The molecule has 118 valence electrons. The average molecular weight is 422 g/mol. The van der Waals surface area contributed by atoms with Gasteiger partial charge >= 0.3 is 0 Å².